The quantitative estimate of drug-likeness (QED) is 0.580. The number of nitrogens with zero attached hydrogens (tertiary/aromatic N) is 2. The fourth-order valence-electron chi connectivity index (χ4n) is 2.18. The third-order valence-corrected chi connectivity index (χ3v) is 3.39. The van der Waals surface area contributed by atoms with Crippen LogP contribution in [0.3, 0.4) is 0 Å². The molecule has 0 unspecified atom stereocenters. The Morgan fingerprint density at radius 2 is 1.91 bits per heavy atom. The molecule has 0 amide bonds. The molecule has 0 aliphatic rings. The van der Waals surface area contributed by atoms with Crippen LogP contribution in [-0.2, 0) is 6.54 Å². The summed E-state index contributed by atoms with van der Waals surface area (Å²) in [6, 6.07) is 3.57. The number of carbonyl (C=O) groups is 1. The number of rotatable bonds is 7. The Morgan fingerprint density at radius 3 is 2.48 bits per heavy atom. The van der Waals surface area contributed by atoms with Crippen LogP contribution in [0.25, 0.3) is 6.08 Å². The maximum atomic E-state index is 12.2. The molecule has 23 heavy (non-hydrogen) atoms. The van der Waals surface area contributed by atoms with Crippen LogP contribution in [0.5, 0.6) is 17.2 Å². The highest BCUT2D eigenvalue weighted by atomic mass is 16.5. The first-order valence-corrected chi connectivity index (χ1v) is 7.18. The molecule has 2 aromatic rings. The predicted molar refractivity (Wildman–Crippen MR) is 87.4 cm³/mol. The first-order chi connectivity index (χ1) is 11.1. The van der Waals surface area contributed by atoms with E-state index in [1.54, 1.807) is 49.5 Å². The van der Waals surface area contributed by atoms with Crippen LogP contribution >= 0.6 is 0 Å². The number of benzene rings is 1. The third-order valence-electron chi connectivity index (χ3n) is 3.39. The molecule has 0 saturated carbocycles. The second-order valence-electron chi connectivity index (χ2n) is 4.71. The highest BCUT2D eigenvalue weighted by molar-refractivity contribution is 6.06. The summed E-state index contributed by atoms with van der Waals surface area (Å²) in [5.41, 5.74) is 1.27. The van der Waals surface area contributed by atoms with Crippen molar-refractivity contribution < 1.29 is 19.0 Å². The lowest BCUT2D eigenvalue weighted by Crippen LogP contribution is -1.97. The topological polar surface area (TPSA) is 62.6 Å². The summed E-state index contributed by atoms with van der Waals surface area (Å²) in [5, 5.41) is 4.10. The van der Waals surface area contributed by atoms with Gasteiger partial charge in [0.15, 0.2) is 17.3 Å². The van der Waals surface area contributed by atoms with Crippen molar-refractivity contribution in [3.8, 4) is 17.2 Å². The number of aryl methyl sites for hydroxylation is 1. The highest BCUT2D eigenvalue weighted by Gasteiger charge is 2.14. The average molecular weight is 316 g/mol. The number of hydrogen-bond donors (Lipinski definition) is 0. The van der Waals surface area contributed by atoms with Crippen molar-refractivity contribution in [1.29, 1.82) is 0 Å². The number of aromatic nitrogens is 2. The number of carbonyl (C=O) groups excluding carboxylic acids is 1. The maximum Gasteiger partial charge on any atom is 0.203 e. The van der Waals surface area contributed by atoms with Gasteiger partial charge in [-0.15, -0.1) is 0 Å². The molecule has 0 spiro atoms. The van der Waals surface area contributed by atoms with Gasteiger partial charge in [0.1, 0.15) is 0 Å². The number of ketones is 1. The van der Waals surface area contributed by atoms with Crippen molar-refractivity contribution in [1.82, 2.24) is 9.78 Å². The highest BCUT2D eigenvalue weighted by Crippen LogP contribution is 2.40. The van der Waals surface area contributed by atoms with Crippen LogP contribution in [0, 0.1) is 0 Å². The summed E-state index contributed by atoms with van der Waals surface area (Å²) in [7, 11) is 4.64. The lowest BCUT2D eigenvalue weighted by Gasteiger charge is -2.13. The van der Waals surface area contributed by atoms with Gasteiger partial charge >= 0.3 is 0 Å². The largest absolute Gasteiger partial charge is 0.493 e. The van der Waals surface area contributed by atoms with Crippen molar-refractivity contribution in [2.75, 3.05) is 21.3 Å². The van der Waals surface area contributed by atoms with Gasteiger partial charge in [0, 0.05) is 18.3 Å². The minimum absolute atomic E-state index is 0.124. The van der Waals surface area contributed by atoms with Gasteiger partial charge in [0.2, 0.25) is 5.75 Å². The first-order valence-electron chi connectivity index (χ1n) is 7.18. The molecular formula is C17H20N2O4. The molecule has 1 aromatic carbocycles. The van der Waals surface area contributed by atoms with Crippen molar-refractivity contribution in [3.05, 3.63) is 41.7 Å². The standard InChI is InChI=1S/C17H20N2O4/c1-5-19-11-13(10-18-19)14(20)8-6-12-7-9-15(21-2)17(23-4)16(12)22-3/h6-11H,5H2,1-4H3/b8-6+. The van der Waals surface area contributed by atoms with E-state index in [9.17, 15) is 4.79 Å². The molecular weight excluding hydrogens is 296 g/mol. The molecule has 6 heteroatoms. The van der Waals surface area contributed by atoms with E-state index in [0.29, 0.717) is 22.8 Å². The summed E-state index contributed by atoms with van der Waals surface area (Å²) in [6.45, 7) is 2.69. The van der Waals surface area contributed by atoms with Crippen LogP contribution in [0.2, 0.25) is 0 Å². The fraction of sp³-hybridized carbons (Fsp3) is 0.294. The van der Waals surface area contributed by atoms with Gasteiger partial charge in [-0.2, -0.15) is 5.10 Å². The fourth-order valence-corrected chi connectivity index (χ4v) is 2.18. The molecule has 0 bridgehead atoms. The van der Waals surface area contributed by atoms with E-state index in [4.69, 9.17) is 14.2 Å². The van der Waals surface area contributed by atoms with Gasteiger partial charge in [-0.25, -0.2) is 0 Å². The summed E-state index contributed by atoms with van der Waals surface area (Å²) in [5.74, 6) is 1.45. The Bertz CT molecular complexity index is 719. The second kappa shape index (κ2) is 7.49. The third kappa shape index (κ3) is 3.53. The van der Waals surface area contributed by atoms with Gasteiger partial charge < -0.3 is 14.2 Å². The van der Waals surface area contributed by atoms with E-state index in [-0.39, 0.29) is 5.78 Å². The van der Waals surface area contributed by atoms with Crippen molar-refractivity contribution >= 4 is 11.9 Å². The van der Waals surface area contributed by atoms with Crippen molar-refractivity contribution in [3.63, 3.8) is 0 Å². The Kier molecular flexibility index (Phi) is 5.41. The number of ether oxygens (including phenoxy) is 3. The van der Waals surface area contributed by atoms with Crippen LogP contribution in [0.4, 0.5) is 0 Å². The van der Waals surface area contributed by atoms with Crippen LogP contribution in [0.15, 0.2) is 30.6 Å². The zero-order valence-electron chi connectivity index (χ0n) is 13.7. The Morgan fingerprint density at radius 1 is 1.17 bits per heavy atom. The minimum atomic E-state index is -0.124. The normalized spacial score (nSPS) is 10.8. The van der Waals surface area contributed by atoms with E-state index in [0.717, 1.165) is 12.1 Å². The van der Waals surface area contributed by atoms with E-state index in [1.807, 2.05) is 6.92 Å². The molecule has 0 saturated heterocycles. The summed E-state index contributed by atoms with van der Waals surface area (Å²) in [6.07, 6.45) is 6.45. The van der Waals surface area contributed by atoms with E-state index < -0.39 is 0 Å². The molecule has 2 rings (SSSR count). The molecule has 0 N–H and O–H groups in total. The zero-order chi connectivity index (χ0) is 16.8. The first kappa shape index (κ1) is 16.6. The van der Waals surface area contributed by atoms with Gasteiger partial charge in [-0.3, -0.25) is 9.48 Å². The average Bonchev–Trinajstić information content (AvgIpc) is 3.07. The van der Waals surface area contributed by atoms with E-state index in [2.05, 4.69) is 5.10 Å². The van der Waals surface area contributed by atoms with E-state index in [1.165, 1.54) is 13.2 Å². The summed E-state index contributed by atoms with van der Waals surface area (Å²) < 4.78 is 17.7. The van der Waals surface area contributed by atoms with Gasteiger partial charge in [-0.05, 0) is 31.2 Å². The van der Waals surface area contributed by atoms with Crippen molar-refractivity contribution in [2.24, 2.45) is 0 Å². The molecule has 1 heterocycles. The second-order valence-corrected chi connectivity index (χ2v) is 4.71. The lowest BCUT2D eigenvalue weighted by atomic mass is 10.1. The van der Waals surface area contributed by atoms with Gasteiger partial charge in [0.05, 0.1) is 33.1 Å². The summed E-state index contributed by atoms with van der Waals surface area (Å²) >= 11 is 0. The Labute approximate surface area is 135 Å². The Hall–Kier alpha value is -2.76. The summed E-state index contributed by atoms with van der Waals surface area (Å²) in [4.78, 5) is 12.2. The van der Waals surface area contributed by atoms with Gasteiger partial charge in [0.25, 0.3) is 0 Å². The molecule has 1 aromatic heterocycles. The molecule has 6 nitrogen and oxygen atoms in total. The smallest absolute Gasteiger partial charge is 0.203 e. The molecule has 0 radical (unpaired) electrons. The Balaban J connectivity index is 2.30. The van der Waals surface area contributed by atoms with Crippen LogP contribution < -0.4 is 14.2 Å². The van der Waals surface area contributed by atoms with Crippen molar-refractivity contribution in [2.45, 2.75) is 13.5 Å². The molecule has 0 fully saturated rings. The number of methoxy groups -OCH3 is 3. The molecule has 122 valence electrons. The lowest BCUT2D eigenvalue weighted by molar-refractivity contribution is 0.104. The van der Waals surface area contributed by atoms with E-state index >= 15 is 0 Å². The van der Waals surface area contributed by atoms with Crippen LogP contribution in [0.1, 0.15) is 22.8 Å². The molecule has 0 atom stereocenters. The maximum absolute atomic E-state index is 12.2. The minimum Gasteiger partial charge on any atom is -0.493 e. The number of allylic oxidation sites excluding steroid dienone is 1. The predicted octanol–water partition coefficient (Wildman–Crippen LogP) is 2.82. The number of hydrogen-bond acceptors (Lipinski definition) is 5. The van der Waals surface area contributed by atoms with Gasteiger partial charge in [-0.1, -0.05) is 0 Å². The molecule has 0 aliphatic carbocycles. The zero-order valence-corrected chi connectivity index (χ0v) is 13.7. The SMILES string of the molecule is CCn1cc(C(=O)/C=C/c2ccc(OC)c(OC)c2OC)cn1. The molecule has 0 aliphatic heterocycles. The van der Waals surface area contributed by atoms with Crippen LogP contribution in [-0.4, -0.2) is 36.9 Å². The monoisotopic (exact) mass is 316 g/mol.